The number of fused-ring (bicyclic) bond motifs is 1. The predicted molar refractivity (Wildman–Crippen MR) is 118 cm³/mol. The topological polar surface area (TPSA) is 67.4 Å². The Morgan fingerprint density at radius 2 is 1.80 bits per heavy atom. The molecule has 0 saturated heterocycles. The van der Waals surface area contributed by atoms with Crippen LogP contribution < -0.4 is 15.4 Å². The predicted octanol–water partition coefficient (Wildman–Crippen LogP) is 5.30. The average molecular weight is 439 g/mol. The van der Waals surface area contributed by atoms with E-state index < -0.39 is 5.91 Å². The van der Waals surface area contributed by atoms with E-state index in [1.807, 2.05) is 18.2 Å². The zero-order valence-electron chi connectivity index (χ0n) is 15.6. The molecule has 0 aliphatic carbocycles. The van der Waals surface area contributed by atoms with Gasteiger partial charge in [0.15, 0.2) is 11.5 Å². The van der Waals surface area contributed by atoms with Crippen LogP contribution in [0.1, 0.15) is 21.5 Å². The molecule has 2 N–H and O–H groups in total. The quantitative estimate of drug-likeness (QED) is 0.543. The number of anilines is 1. The first-order valence-electron chi connectivity index (χ1n) is 9.11. The van der Waals surface area contributed by atoms with Gasteiger partial charge >= 0.3 is 0 Å². The van der Waals surface area contributed by atoms with Crippen molar-refractivity contribution in [2.75, 3.05) is 5.32 Å². The van der Waals surface area contributed by atoms with Crippen molar-refractivity contribution < 1.29 is 14.3 Å². The summed E-state index contributed by atoms with van der Waals surface area (Å²) in [5.74, 6) is -0.0645. The fourth-order valence-electron chi connectivity index (χ4n) is 2.94. The van der Waals surface area contributed by atoms with E-state index in [0.29, 0.717) is 33.6 Å². The number of rotatable bonds is 4. The van der Waals surface area contributed by atoms with Gasteiger partial charge in [-0.1, -0.05) is 47.5 Å². The molecule has 150 valence electrons. The Morgan fingerprint density at radius 3 is 2.57 bits per heavy atom. The highest BCUT2D eigenvalue weighted by molar-refractivity contribution is 6.31. The number of carbonyl (C=O) groups excluding carboxylic acids is 2. The molecular formula is C23H16Cl2N2O3. The van der Waals surface area contributed by atoms with Gasteiger partial charge in [-0.3, -0.25) is 9.59 Å². The Hall–Kier alpha value is -3.28. The van der Waals surface area contributed by atoms with Gasteiger partial charge in [0, 0.05) is 22.2 Å². The molecule has 1 heterocycles. The lowest BCUT2D eigenvalue weighted by atomic mass is 10.1. The van der Waals surface area contributed by atoms with Crippen LogP contribution in [0.4, 0.5) is 5.69 Å². The second-order valence-corrected chi connectivity index (χ2v) is 7.51. The average Bonchev–Trinajstić information content (AvgIpc) is 2.73. The van der Waals surface area contributed by atoms with E-state index in [9.17, 15) is 9.59 Å². The van der Waals surface area contributed by atoms with Crippen molar-refractivity contribution in [1.82, 2.24) is 5.32 Å². The van der Waals surface area contributed by atoms with Crippen molar-refractivity contribution >= 4 is 46.8 Å². The summed E-state index contributed by atoms with van der Waals surface area (Å²) in [6.07, 6.45) is 1.61. The molecule has 3 aromatic carbocycles. The van der Waals surface area contributed by atoms with Gasteiger partial charge in [-0.2, -0.15) is 0 Å². The van der Waals surface area contributed by atoms with Gasteiger partial charge in [0.2, 0.25) is 0 Å². The van der Waals surface area contributed by atoms with Gasteiger partial charge in [-0.05, 0) is 59.7 Å². The van der Waals surface area contributed by atoms with E-state index >= 15 is 0 Å². The van der Waals surface area contributed by atoms with Crippen LogP contribution in [0.15, 0.2) is 72.5 Å². The number of hydrogen-bond acceptors (Lipinski definition) is 3. The molecule has 2 amide bonds. The summed E-state index contributed by atoms with van der Waals surface area (Å²) >= 11 is 11.9. The summed E-state index contributed by atoms with van der Waals surface area (Å²) in [4.78, 5) is 24.9. The molecule has 5 nitrogen and oxygen atoms in total. The van der Waals surface area contributed by atoms with Crippen LogP contribution in [0.3, 0.4) is 0 Å². The maximum atomic E-state index is 12.5. The lowest BCUT2D eigenvalue weighted by Gasteiger charge is -2.20. The number of ether oxygens (including phenoxy) is 1. The Morgan fingerprint density at radius 1 is 1.00 bits per heavy atom. The lowest BCUT2D eigenvalue weighted by molar-refractivity contribution is -0.115. The molecule has 0 spiro atoms. The molecule has 3 aromatic rings. The molecule has 7 heteroatoms. The smallest absolute Gasteiger partial charge is 0.291 e. The maximum absolute atomic E-state index is 12.5. The van der Waals surface area contributed by atoms with Gasteiger partial charge in [-0.25, -0.2) is 0 Å². The number of halogens is 2. The van der Waals surface area contributed by atoms with Crippen LogP contribution in [0, 0.1) is 0 Å². The zero-order chi connectivity index (χ0) is 21.1. The molecular weight excluding hydrogens is 423 g/mol. The van der Waals surface area contributed by atoms with Crippen molar-refractivity contribution in [3.63, 3.8) is 0 Å². The van der Waals surface area contributed by atoms with E-state index in [0.717, 1.165) is 11.1 Å². The second-order valence-electron chi connectivity index (χ2n) is 6.64. The van der Waals surface area contributed by atoms with E-state index in [1.165, 1.54) is 0 Å². The summed E-state index contributed by atoms with van der Waals surface area (Å²) in [5, 5.41) is 6.80. The van der Waals surface area contributed by atoms with Crippen molar-refractivity contribution in [1.29, 1.82) is 0 Å². The molecule has 0 aromatic heterocycles. The highest BCUT2D eigenvalue weighted by Gasteiger charge is 2.23. The molecule has 4 rings (SSSR count). The van der Waals surface area contributed by atoms with E-state index in [2.05, 4.69) is 10.6 Å². The number of nitrogens with one attached hydrogen (secondary N) is 2. The van der Waals surface area contributed by atoms with Crippen molar-refractivity contribution in [3.05, 3.63) is 99.2 Å². The molecule has 0 unspecified atom stereocenters. The van der Waals surface area contributed by atoms with E-state index in [-0.39, 0.29) is 11.7 Å². The van der Waals surface area contributed by atoms with Gasteiger partial charge in [0.25, 0.3) is 11.8 Å². The summed E-state index contributed by atoms with van der Waals surface area (Å²) in [6.45, 7) is 0.364. The van der Waals surface area contributed by atoms with Crippen LogP contribution >= 0.6 is 23.2 Å². The van der Waals surface area contributed by atoms with Gasteiger partial charge in [0.05, 0.1) is 5.69 Å². The number of benzene rings is 3. The Kier molecular flexibility index (Phi) is 5.74. The Labute approximate surface area is 183 Å². The zero-order valence-corrected chi connectivity index (χ0v) is 17.1. The molecule has 0 radical (unpaired) electrons. The maximum Gasteiger partial charge on any atom is 0.291 e. The standard InChI is InChI=1S/C23H16Cl2N2O3/c24-17-7-4-14(5-8-17)13-26-22(28)16-6-9-20-19(12-16)27-23(29)21(30-20)11-15-2-1-3-18(25)10-15/h1-12H,13H2,(H,26,28)(H,27,29). The summed E-state index contributed by atoms with van der Waals surface area (Å²) in [5.41, 5.74) is 2.52. The summed E-state index contributed by atoms with van der Waals surface area (Å²) in [6, 6.07) is 19.2. The molecule has 0 bridgehead atoms. The van der Waals surface area contributed by atoms with Crippen LogP contribution in [-0.4, -0.2) is 11.8 Å². The first-order valence-corrected chi connectivity index (χ1v) is 9.87. The second kappa shape index (κ2) is 8.61. The fraction of sp³-hybridized carbons (Fsp3) is 0.0435. The highest BCUT2D eigenvalue weighted by Crippen LogP contribution is 2.32. The first-order chi connectivity index (χ1) is 14.5. The SMILES string of the molecule is O=C1Nc2cc(C(=O)NCc3ccc(Cl)cc3)ccc2OC1=Cc1cccc(Cl)c1. The highest BCUT2D eigenvalue weighted by atomic mass is 35.5. The minimum Gasteiger partial charge on any atom is -0.449 e. The molecule has 0 saturated carbocycles. The number of hydrogen-bond donors (Lipinski definition) is 2. The minimum absolute atomic E-state index is 0.143. The van der Waals surface area contributed by atoms with Crippen molar-refractivity contribution in [3.8, 4) is 5.75 Å². The van der Waals surface area contributed by atoms with Gasteiger partial charge in [0.1, 0.15) is 0 Å². The fourth-order valence-corrected chi connectivity index (χ4v) is 3.26. The van der Waals surface area contributed by atoms with Gasteiger partial charge < -0.3 is 15.4 Å². The number of amides is 2. The third-order valence-electron chi connectivity index (χ3n) is 4.45. The van der Waals surface area contributed by atoms with Crippen LogP contribution in [0.25, 0.3) is 6.08 Å². The van der Waals surface area contributed by atoms with Gasteiger partial charge in [-0.15, -0.1) is 0 Å². The molecule has 0 atom stereocenters. The molecule has 1 aliphatic heterocycles. The van der Waals surface area contributed by atoms with E-state index in [1.54, 1.807) is 54.6 Å². The number of carbonyl (C=O) groups is 2. The summed E-state index contributed by atoms with van der Waals surface area (Å²) < 4.78 is 5.73. The summed E-state index contributed by atoms with van der Waals surface area (Å²) in [7, 11) is 0. The molecule has 1 aliphatic rings. The Bertz CT molecular complexity index is 1160. The van der Waals surface area contributed by atoms with Crippen molar-refractivity contribution in [2.24, 2.45) is 0 Å². The Balaban J connectivity index is 1.48. The van der Waals surface area contributed by atoms with Crippen LogP contribution in [0.2, 0.25) is 10.0 Å². The van der Waals surface area contributed by atoms with Crippen molar-refractivity contribution in [2.45, 2.75) is 6.54 Å². The third kappa shape index (κ3) is 4.64. The monoisotopic (exact) mass is 438 g/mol. The van der Waals surface area contributed by atoms with Crippen LogP contribution in [0.5, 0.6) is 5.75 Å². The normalized spacial score (nSPS) is 13.9. The minimum atomic E-state index is -0.402. The van der Waals surface area contributed by atoms with E-state index in [4.69, 9.17) is 27.9 Å². The largest absolute Gasteiger partial charge is 0.449 e. The first kappa shape index (κ1) is 20.0. The molecule has 0 fully saturated rings. The molecule has 30 heavy (non-hydrogen) atoms. The van der Waals surface area contributed by atoms with Crippen LogP contribution in [-0.2, 0) is 11.3 Å². The third-order valence-corrected chi connectivity index (χ3v) is 4.93. The lowest BCUT2D eigenvalue weighted by Crippen LogP contribution is -2.25.